The van der Waals surface area contributed by atoms with E-state index < -0.39 is 0 Å². The largest absolute Gasteiger partial charge is 0.379 e. The summed E-state index contributed by atoms with van der Waals surface area (Å²) in [5, 5.41) is 3.36. The summed E-state index contributed by atoms with van der Waals surface area (Å²) in [6.45, 7) is 3.03. The van der Waals surface area contributed by atoms with E-state index in [0.29, 0.717) is 47.7 Å². The van der Waals surface area contributed by atoms with Gasteiger partial charge in [0.25, 0.3) is 11.5 Å². The second-order valence-corrected chi connectivity index (χ2v) is 7.06. The van der Waals surface area contributed by atoms with Crippen LogP contribution in [-0.4, -0.2) is 48.5 Å². The highest BCUT2D eigenvalue weighted by Crippen LogP contribution is 2.10. The highest BCUT2D eigenvalue weighted by Gasteiger charge is 2.17. The molecule has 1 aromatic heterocycles. The number of nitrogens with one attached hydrogen (secondary N) is 3. The van der Waals surface area contributed by atoms with Crippen LogP contribution in [0.3, 0.4) is 0 Å². The summed E-state index contributed by atoms with van der Waals surface area (Å²) in [6.07, 6.45) is 0. The zero-order valence-electron chi connectivity index (χ0n) is 17.0. The number of quaternary nitrogens is 1. The Morgan fingerprint density at radius 3 is 2.73 bits per heavy atom. The van der Waals surface area contributed by atoms with E-state index in [2.05, 4.69) is 15.3 Å². The highest BCUT2D eigenvalue weighted by molar-refractivity contribution is 5.97. The molecule has 3 aromatic rings. The van der Waals surface area contributed by atoms with Gasteiger partial charge in [0.05, 0.1) is 17.5 Å². The lowest BCUT2D eigenvalue weighted by atomic mass is 10.1. The first-order valence-electron chi connectivity index (χ1n) is 9.67. The summed E-state index contributed by atoms with van der Waals surface area (Å²) < 4.78 is 5.16. The molecular weight excluding hydrogens is 384 g/mol. The molecule has 0 saturated carbocycles. The van der Waals surface area contributed by atoms with Gasteiger partial charge in [0.15, 0.2) is 18.2 Å². The van der Waals surface area contributed by atoms with Crippen LogP contribution in [0, 0.1) is 0 Å². The first kappa shape index (κ1) is 21.4. The number of benzene rings is 2. The van der Waals surface area contributed by atoms with Gasteiger partial charge >= 0.3 is 0 Å². The number of aromatic nitrogens is 2. The fourth-order valence-electron chi connectivity index (χ4n) is 3.19. The average molecular weight is 409 g/mol. The molecule has 2 aromatic carbocycles. The summed E-state index contributed by atoms with van der Waals surface area (Å²) in [5.41, 5.74) is 1.52. The van der Waals surface area contributed by atoms with Crippen molar-refractivity contribution >= 4 is 28.3 Å². The first-order valence-corrected chi connectivity index (χ1v) is 9.67. The monoisotopic (exact) mass is 409 g/mol. The van der Waals surface area contributed by atoms with Crippen LogP contribution in [-0.2, 0) is 16.1 Å². The van der Waals surface area contributed by atoms with Gasteiger partial charge in [-0.15, -0.1) is 0 Å². The maximum Gasteiger partial charge on any atom is 0.279 e. The number of methoxy groups -OCH3 is 1. The zero-order chi connectivity index (χ0) is 21.5. The van der Waals surface area contributed by atoms with E-state index in [1.54, 1.807) is 49.6 Å². The molecule has 0 aliphatic carbocycles. The van der Waals surface area contributed by atoms with Crippen molar-refractivity contribution in [2.45, 2.75) is 13.5 Å². The fourth-order valence-corrected chi connectivity index (χ4v) is 3.19. The van der Waals surface area contributed by atoms with E-state index in [4.69, 9.17) is 4.74 Å². The summed E-state index contributed by atoms with van der Waals surface area (Å²) in [7, 11) is 1.60. The van der Waals surface area contributed by atoms with E-state index in [1.165, 1.54) is 6.92 Å². The van der Waals surface area contributed by atoms with E-state index >= 15 is 0 Å². The number of carbonyl (C=O) groups excluding carboxylic acids is 2. The number of hydrogen-bond donors (Lipinski definition) is 3. The van der Waals surface area contributed by atoms with Crippen LogP contribution in [0.15, 0.2) is 53.3 Å². The lowest BCUT2D eigenvalue weighted by Gasteiger charge is -2.18. The Hall–Kier alpha value is -3.36. The quantitative estimate of drug-likeness (QED) is 0.453. The number of amides is 1. The topological polar surface area (TPSA) is 106 Å². The molecule has 8 heteroatoms. The number of Topliss-reactive ketones (excluding diaryl/α,β-unsaturated/α-hetero) is 1. The lowest BCUT2D eigenvalue weighted by molar-refractivity contribution is -0.906. The maximum atomic E-state index is 12.6. The molecule has 1 unspecified atom stereocenters. The van der Waals surface area contributed by atoms with Gasteiger partial charge in [-0.2, -0.15) is 0 Å². The summed E-state index contributed by atoms with van der Waals surface area (Å²) >= 11 is 0. The van der Waals surface area contributed by atoms with Crippen molar-refractivity contribution < 1.29 is 19.2 Å². The number of nitrogens with zero attached hydrogens (tertiary/aromatic N) is 1. The minimum Gasteiger partial charge on any atom is -0.379 e. The number of ether oxygens (including phenoxy) is 1. The number of aromatic amines is 1. The molecule has 0 fully saturated rings. The molecule has 1 atom stereocenters. The van der Waals surface area contributed by atoms with E-state index in [0.717, 1.165) is 4.90 Å². The van der Waals surface area contributed by atoms with Gasteiger partial charge in [-0.3, -0.25) is 14.4 Å². The number of hydrogen-bond acceptors (Lipinski definition) is 5. The molecule has 1 heterocycles. The van der Waals surface area contributed by atoms with Gasteiger partial charge in [0.1, 0.15) is 13.1 Å². The molecule has 0 radical (unpaired) electrons. The molecule has 1 amide bonds. The predicted octanol–water partition coefficient (Wildman–Crippen LogP) is 0.796. The standard InChI is InChI=1S/C22H24N4O4/c1-15(27)16-6-5-7-17(12-16)23-21(28)14-26(10-11-30-2)13-20-24-19-9-4-3-8-18(19)22(29)25-20/h3-9,12H,10-11,13-14H2,1-2H3,(H,23,28)(H,24,25,29)/p+1. The molecule has 0 spiro atoms. The van der Waals surface area contributed by atoms with Crippen molar-refractivity contribution in [2.75, 3.05) is 32.1 Å². The molecule has 30 heavy (non-hydrogen) atoms. The third kappa shape index (κ3) is 5.59. The zero-order valence-corrected chi connectivity index (χ0v) is 17.0. The number of carbonyl (C=O) groups is 2. The third-order valence-corrected chi connectivity index (χ3v) is 4.70. The Morgan fingerprint density at radius 2 is 1.97 bits per heavy atom. The summed E-state index contributed by atoms with van der Waals surface area (Å²) in [5.74, 6) is 0.242. The maximum absolute atomic E-state index is 12.6. The van der Waals surface area contributed by atoms with Crippen LogP contribution in [0.25, 0.3) is 10.9 Å². The van der Waals surface area contributed by atoms with Crippen LogP contribution in [0.5, 0.6) is 0 Å². The van der Waals surface area contributed by atoms with Crippen LogP contribution >= 0.6 is 0 Å². The number of rotatable bonds is 9. The summed E-state index contributed by atoms with van der Waals surface area (Å²) in [4.78, 5) is 44.6. The average Bonchev–Trinajstić information content (AvgIpc) is 2.72. The second kappa shape index (κ2) is 9.91. The third-order valence-electron chi connectivity index (χ3n) is 4.70. The Morgan fingerprint density at radius 1 is 1.17 bits per heavy atom. The van der Waals surface area contributed by atoms with Crippen LogP contribution < -0.4 is 15.8 Å². The Labute approximate surface area is 173 Å². The van der Waals surface area contributed by atoms with Crippen LogP contribution in [0.2, 0.25) is 0 Å². The predicted molar refractivity (Wildman–Crippen MR) is 114 cm³/mol. The van der Waals surface area contributed by atoms with E-state index in [-0.39, 0.29) is 23.8 Å². The van der Waals surface area contributed by atoms with Gasteiger partial charge in [0.2, 0.25) is 0 Å². The molecule has 0 bridgehead atoms. The number of fused-ring (bicyclic) bond motifs is 1. The number of anilines is 1. The highest BCUT2D eigenvalue weighted by atomic mass is 16.5. The normalized spacial score (nSPS) is 11.9. The van der Waals surface area contributed by atoms with Crippen LogP contribution in [0.1, 0.15) is 23.1 Å². The van der Waals surface area contributed by atoms with Gasteiger partial charge in [-0.25, -0.2) is 4.98 Å². The molecule has 8 nitrogen and oxygen atoms in total. The minimum absolute atomic E-state index is 0.0650. The molecule has 0 aliphatic rings. The first-order chi connectivity index (χ1) is 14.5. The van der Waals surface area contributed by atoms with Crippen molar-refractivity contribution in [1.29, 1.82) is 0 Å². The van der Waals surface area contributed by atoms with Gasteiger partial charge < -0.3 is 19.9 Å². The molecule has 3 N–H and O–H groups in total. The number of H-pyrrole nitrogens is 1. The Balaban J connectivity index is 1.73. The molecule has 156 valence electrons. The smallest absolute Gasteiger partial charge is 0.279 e. The summed E-state index contributed by atoms with van der Waals surface area (Å²) in [6, 6.07) is 14.0. The fraction of sp³-hybridized carbons (Fsp3) is 0.273. The minimum atomic E-state index is -0.204. The molecule has 3 rings (SSSR count). The Kier molecular flexibility index (Phi) is 7.05. The van der Waals surface area contributed by atoms with Gasteiger partial charge in [-0.1, -0.05) is 24.3 Å². The van der Waals surface area contributed by atoms with Crippen molar-refractivity contribution in [1.82, 2.24) is 9.97 Å². The van der Waals surface area contributed by atoms with Crippen molar-refractivity contribution in [3.05, 3.63) is 70.3 Å². The van der Waals surface area contributed by atoms with Gasteiger partial charge in [-0.05, 0) is 31.2 Å². The second-order valence-electron chi connectivity index (χ2n) is 7.06. The molecular formula is C22H25N4O4+. The molecule has 0 saturated heterocycles. The van der Waals surface area contributed by atoms with Crippen molar-refractivity contribution in [3.63, 3.8) is 0 Å². The molecule has 0 aliphatic heterocycles. The van der Waals surface area contributed by atoms with Crippen molar-refractivity contribution in [3.8, 4) is 0 Å². The van der Waals surface area contributed by atoms with E-state index in [1.807, 2.05) is 6.07 Å². The van der Waals surface area contributed by atoms with Gasteiger partial charge in [0, 0.05) is 18.4 Å². The van der Waals surface area contributed by atoms with E-state index in [9.17, 15) is 14.4 Å². The van der Waals surface area contributed by atoms with Crippen LogP contribution in [0.4, 0.5) is 5.69 Å². The lowest BCUT2D eigenvalue weighted by Crippen LogP contribution is -3.12. The Bertz CT molecular complexity index is 1110. The SMILES string of the molecule is COCC[NH+](CC(=O)Nc1cccc(C(C)=O)c1)Cc1nc2ccccc2c(=O)[nH]1. The number of para-hydroxylation sites is 1. The van der Waals surface area contributed by atoms with Crippen molar-refractivity contribution in [2.24, 2.45) is 0 Å². The number of ketones is 1.